The average Bonchev–Trinajstić information content (AvgIpc) is 3.31. The van der Waals surface area contributed by atoms with E-state index in [2.05, 4.69) is 0 Å². The number of hydrogen-bond acceptors (Lipinski definition) is 8. The second-order valence-electron chi connectivity index (χ2n) is 9.00. The standard InChI is InChI=1S/C32H28N2O6S/c1-3-38-26(35)20-40-24-17-15-21(16-18-24)19-25-30(36)34-29(23-13-9-6-10-14-23)27(31(37)39-4-2)28(33-32(34)41-25)22-11-7-5-8-12-22/h5-19,29H,3-4,20H2,1-2H3/b25-19-/t29-/m1/s1. The van der Waals surface area contributed by atoms with E-state index in [1.807, 2.05) is 60.7 Å². The first kappa shape index (κ1) is 27.8. The van der Waals surface area contributed by atoms with Crippen LogP contribution in [0, 0.1) is 0 Å². The van der Waals surface area contributed by atoms with Crippen molar-refractivity contribution in [3.8, 4) is 5.75 Å². The Morgan fingerprint density at radius 3 is 2.22 bits per heavy atom. The fourth-order valence-electron chi connectivity index (χ4n) is 4.55. The second kappa shape index (κ2) is 12.6. The van der Waals surface area contributed by atoms with Gasteiger partial charge < -0.3 is 14.2 Å². The molecule has 0 N–H and O–H groups in total. The topological polar surface area (TPSA) is 96.2 Å². The first-order valence-corrected chi connectivity index (χ1v) is 14.0. The van der Waals surface area contributed by atoms with Crippen molar-refractivity contribution in [3.63, 3.8) is 0 Å². The zero-order chi connectivity index (χ0) is 28.8. The molecule has 0 radical (unpaired) electrons. The number of benzene rings is 3. The molecule has 1 aliphatic rings. The molecule has 0 unspecified atom stereocenters. The molecule has 208 valence electrons. The Balaban J connectivity index is 1.62. The molecule has 1 aromatic heterocycles. The third-order valence-electron chi connectivity index (χ3n) is 6.33. The van der Waals surface area contributed by atoms with Crippen LogP contribution in [-0.2, 0) is 19.1 Å². The van der Waals surface area contributed by atoms with Crippen molar-refractivity contribution < 1.29 is 23.8 Å². The summed E-state index contributed by atoms with van der Waals surface area (Å²) in [7, 11) is 0. The average molecular weight is 569 g/mol. The van der Waals surface area contributed by atoms with Gasteiger partial charge in [0.25, 0.3) is 5.56 Å². The smallest absolute Gasteiger partial charge is 0.344 e. The van der Waals surface area contributed by atoms with Gasteiger partial charge in [-0.25, -0.2) is 14.6 Å². The molecule has 0 fully saturated rings. The Morgan fingerprint density at radius 1 is 0.902 bits per heavy atom. The minimum absolute atomic E-state index is 0.183. The van der Waals surface area contributed by atoms with Gasteiger partial charge >= 0.3 is 11.9 Å². The van der Waals surface area contributed by atoms with Gasteiger partial charge in [0.2, 0.25) is 0 Å². The highest BCUT2D eigenvalue weighted by atomic mass is 32.1. The number of carbonyl (C=O) groups is 2. The summed E-state index contributed by atoms with van der Waals surface area (Å²) in [4.78, 5) is 44.3. The number of nitrogens with zero attached hydrogens (tertiary/aromatic N) is 2. The lowest BCUT2D eigenvalue weighted by molar-refractivity contribution is -0.145. The van der Waals surface area contributed by atoms with Gasteiger partial charge in [-0.1, -0.05) is 84.1 Å². The molecule has 1 aliphatic heterocycles. The zero-order valence-electron chi connectivity index (χ0n) is 22.6. The number of ether oxygens (including phenoxy) is 3. The Hall–Kier alpha value is -4.76. The quantitative estimate of drug-likeness (QED) is 0.285. The van der Waals surface area contributed by atoms with Gasteiger partial charge in [-0.15, -0.1) is 0 Å². The maximum absolute atomic E-state index is 13.9. The molecule has 9 heteroatoms. The van der Waals surface area contributed by atoms with E-state index in [0.29, 0.717) is 26.4 Å². The number of hydrogen-bond donors (Lipinski definition) is 0. The van der Waals surface area contributed by atoms with Crippen LogP contribution in [0.5, 0.6) is 5.75 Å². The van der Waals surface area contributed by atoms with Gasteiger partial charge in [-0.05, 0) is 43.2 Å². The lowest BCUT2D eigenvalue weighted by Crippen LogP contribution is -2.39. The van der Waals surface area contributed by atoms with E-state index < -0.39 is 18.0 Å². The van der Waals surface area contributed by atoms with Crippen LogP contribution in [0.1, 0.15) is 36.6 Å². The summed E-state index contributed by atoms with van der Waals surface area (Å²) in [6.07, 6.45) is 1.78. The summed E-state index contributed by atoms with van der Waals surface area (Å²) in [6, 6.07) is 25.2. The van der Waals surface area contributed by atoms with Crippen molar-refractivity contribution in [3.05, 3.63) is 127 Å². The lowest BCUT2D eigenvalue weighted by Gasteiger charge is -2.25. The lowest BCUT2D eigenvalue weighted by atomic mass is 9.93. The maximum atomic E-state index is 13.9. The fourth-order valence-corrected chi connectivity index (χ4v) is 5.55. The molecule has 0 amide bonds. The third-order valence-corrected chi connectivity index (χ3v) is 7.31. The normalized spacial score (nSPS) is 14.7. The highest BCUT2D eigenvalue weighted by Crippen LogP contribution is 2.35. The molecule has 41 heavy (non-hydrogen) atoms. The van der Waals surface area contributed by atoms with E-state index in [-0.39, 0.29) is 25.4 Å². The van der Waals surface area contributed by atoms with Crippen LogP contribution in [0.3, 0.4) is 0 Å². The van der Waals surface area contributed by atoms with Gasteiger partial charge in [0.05, 0.1) is 35.1 Å². The molecule has 1 atom stereocenters. The van der Waals surface area contributed by atoms with E-state index in [0.717, 1.165) is 16.7 Å². The van der Waals surface area contributed by atoms with Crippen LogP contribution in [0.4, 0.5) is 0 Å². The van der Waals surface area contributed by atoms with Crippen LogP contribution in [-0.4, -0.2) is 36.3 Å². The summed E-state index contributed by atoms with van der Waals surface area (Å²) >= 11 is 1.25. The highest BCUT2D eigenvalue weighted by molar-refractivity contribution is 7.07. The number of aromatic nitrogens is 1. The minimum Gasteiger partial charge on any atom is -0.482 e. The van der Waals surface area contributed by atoms with E-state index in [4.69, 9.17) is 19.2 Å². The van der Waals surface area contributed by atoms with Gasteiger partial charge in [-0.3, -0.25) is 9.36 Å². The largest absolute Gasteiger partial charge is 0.482 e. The van der Waals surface area contributed by atoms with Crippen molar-refractivity contribution >= 4 is 35.0 Å². The maximum Gasteiger partial charge on any atom is 0.344 e. The van der Waals surface area contributed by atoms with Crippen LogP contribution >= 0.6 is 11.3 Å². The van der Waals surface area contributed by atoms with E-state index in [1.165, 1.54) is 11.3 Å². The molecule has 4 aromatic rings. The van der Waals surface area contributed by atoms with Gasteiger partial charge in [-0.2, -0.15) is 0 Å². The van der Waals surface area contributed by atoms with Crippen LogP contribution in [0.15, 0.2) is 100 Å². The minimum atomic E-state index is -0.720. The van der Waals surface area contributed by atoms with Crippen LogP contribution in [0.25, 0.3) is 11.8 Å². The molecular weight excluding hydrogens is 540 g/mol. The van der Waals surface area contributed by atoms with E-state index >= 15 is 0 Å². The Bertz CT molecular complexity index is 1760. The fraction of sp³-hybridized carbons (Fsp3) is 0.188. The molecule has 0 bridgehead atoms. The van der Waals surface area contributed by atoms with Gasteiger partial charge in [0.15, 0.2) is 11.4 Å². The first-order chi connectivity index (χ1) is 20.0. The highest BCUT2D eigenvalue weighted by Gasteiger charge is 2.35. The number of esters is 2. The molecule has 2 heterocycles. The summed E-state index contributed by atoms with van der Waals surface area (Å²) in [6.45, 7) is 3.78. The molecular formula is C32H28N2O6S. The molecule has 0 spiro atoms. The van der Waals surface area contributed by atoms with E-state index in [9.17, 15) is 14.4 Å². The number of fused-ring (bicyclic) bond motifs is 1. The summed E-state index contributed by atoms with van der Waals surface area (Å²) in [5, 5.41) is 0. The summed E-state index contributed by atoms with van der Waals surface area (Å²) < 4.78 is 17.9. The molecule has 8 nitrogen and oxygen atoms in total. The zero-order valence-corrected chi connectivity index (χ0v) is 23.4. The molecule has 0 saturated heterocycles. The predicted octanol–water partition coefficient (Wildman–Crippen LogP) is 3.88. The summed E-state index contributed by atoms with van der Waals surface area (Å²) in [5.41, 5.74) is 2.82. The van der Waals surface area contributed by atoms with Crippen molar-refractivity contribution in [2.75, 3.05) is 19.8 Å². The van der Waals surface area contributed by atoms with E-state index in [1.54, 1.807) is 48.8 Å². The molecule has 3 aromatic carbocycles. The number of carbonyl (C=O) groups excluding carboxylic acids is 2. The van der Waals surface area contributed by atoms with Crippen molar-refractivity contribution in [1.29, 1.82) is 0 Å². The van der Waals surface area contributed by atoms with Crippen LogP contribution < -0.4 is 19.6 Å². The van der Waals surface area contributed by atoms with Crippen molar-refractivity contribution in [2.45, 2.75) is 19.9 Å². The predicted molar refractivity (Wildman–Crippen MR) is 156 cm³/mol. The summed E-state index contributed by atoms with van der Waals surface area (Å²) in [5.74, 6) is -0.452. The monoisotopic (exact) mass is 568 g/mol. The molecule has 0 saturated carbocycles. The number of thiazole rings is 1. The van der Waals surface area contributed by atoms with Crippen molar-refractivity contribution in [1.82, 2.24) is 4.57 Å². The SMILES string of the molecule is CCOC(=O)COc1ccc(/C=c2\sc3n(c2=O)[C@H](c2ccccc2)C(C(=O)OCC)=C(c2ccccc2)N=3)cc1. The first-order valence-electron chi connectivity index (χ1n) is 13.2. The van der Waals surface area contributed by atoms with Gasteiger partial charge in [0.1, 0.15) is 5.75 Å². The van der Waals surface area contributed by atoms with Crippen LogP contribution in [0.2, 0.25) is 0 Å². The van der Waals surface area contributed by atoms with Gasteiger partial charge in [0, 0.05) is 5.56 Å². The molecule has 0 aliphatic carbocycles. The molecule has 5 rings (SSSR count). The Morgan fingerprint density at radius 2 is 1.56 bits per heavy atom. The Labute approximate surface area is 240 Å². The second-order valence-corrected chi connectivity index (χ2v) is 10.0. The Kier molecular flexibility index (Phi) is 8.55. The third kappa shape index (κ3) is 6.05. The van der Waals surface area contributed by atoms with Crippen molar-refractivity contribution in [2.24, 2.45) is 4.99 Å². The number of rotatable bonds is 9.